The molecule has 0 unspecified atom stereocenters. The summed E-state index contributed by atoms with van der Waals surface area (Å²) in [5, 5.41) is 5.24. The van der Waals surface area contributed by atoms with E-state index in [1.54, 1.807) is 11.3 Å². The molecule has 4 heteroatoms. The summed E-state index contributed by atoms with van der Waals surface area (Å²) in [5.74, 6) is 0.705. The van der Waals surface area contributed by atoms with Gasteiger partial charge in [-0.05, 0) is 30.1 Å². The summed E-state index contributed by atoms with van der Waals surface area (Å²) >= 11 is 1.70. The van der Waals surface area contributed by atoms with Crippen LogP contribution in [0.15, 0.2) is 29.6 Å². The number of pyridine rings is 1. The quantitative estimate of drug-likeness (QED) is 0.911. The van der Waals surface area contributed by atoms with E-state index in [1.165, 1.54) is 10.4 Å². The standard InChI is InChI=1S/C16H22N2OS/c1-16(2,3)14-8-12(10-17-4)9-15(18-14)19-11-13-6-5-7-20-13/h5-9,17H,10-11H2,1-4H3. The minimum atomic E-state index is 0.0186. The van der Waals surface area contributed by atoms with Crippen molar-refractivity contribution in [2.75, 3.05) is 7.05 Å². The number of ether oxygens (including phenoxy) is 1. The van der Waals surface area contributed by atoms with Gasteiger partial charge in [-0.15, -0.1) is 11.3 Å². The topological polar surface area (TPSA) is 34.1 Å². The van der Waals surface area contributed by atoms with E-state index in [0.29, 0.717) is 12.5 Å². The van der Waals surface area contributed by atoms with Crippen LogP contribution in [0.4, 0.5) is 0 Å². The summed E-state index contributed by atoms with van der Waals surface area (Å²) in [4.78, 5) is 5.85. The Balaban J connectivity index is 2.20. The highest BCUT2D eigenvalue weighted by Gasteiger charge is 2.17. The average Bonchev–Trinajstić information content (AvgIpc) is 2.88. The normalized spacial score (nSPS) is 11.6. The Labute approximate surface area is 125 Å². The van der Waals surface area contributed by atoms with Crippen LogP contribution in [0.3, 0.4) is 0 Å². The van der Waals surface area contributed by atoms with Crippen molar-refractivity contribution < 1.29 is 4.74 Å². The summed E-state index contributed by atoms with van der Waals surface area (Å²) in [7, 11) is 1.95. The maximum Gasteiger partial charge on any atom is 0.214 e. The van der Waals surface area contributed by atoms with Gasteiger partial charge >= 0.3 is 0 Å². The predicted octanol–water partition coefficient (Wildman–Crippen LogP) is 3.74. The van der Waals surface area contributed by atoms with Crippen molar-refractivity contribution in [2.45, 2.75) is 39.3 Å². The molecule has 0 saturated carbocycles. The first kappa shape index (κ1) is 15.0. The van der Waals surface area contributed by atoms with Crippen molar-refractivity contribution in [2.24, 2.45) is 0 Å². The molecule has 0 aliphatic carbocycles. The molecule has 0 atom stereocenters. The van der Waals surface area contributed by atoms with Gasteiger partial charge in [0, 0.05) is 22.9 Å². The molecule has 0 fully saturated rings. The number of rotatable bonds is 5. The maximum atomic E-state index is 5.84. The molecule has 0 saturated heterocycles. The van der Waals surface area contributed by atoms with Gasteiger partial charge in [0.25, 0.3) is 0 Å². The summed E-state index contributed by atoms with van der Waals surface area (Å²) < 4.78 is 5.84. The Morgan fingerprint density at radius 2 is 2.10 bits per heavy atom. The zero-order valence-corrected chi connectivity index (χ0v) is 13.4. The lowest BCUT2D eigenvalue weighted by molar-refractivity contribution is 0.294. The van der Waals surface area contributed by atoms with Crippen LogP contribution in [0, 0.1) is 0 Å². The lowest BCUT2D eigenvalue weighted by Crippen LogP contribution is -2.16. The average molecular weight is 290 g/mol. The maximum absolute atomic E-state index is 5.84. The molecule has 3 nitrogen and oxygen atoms in total. The van der Waals surface area contributed by atoms with E-state index in [-0.39, 0.29) is 5.41 Å². The highest BCUT2D eigenvalue weighted by molar-refractivity contribution is 7.09. The Hall–Kier alpha value is -1.39. The minimum Gasteiger partial charge on any atom is -0.472 e. The molecule has 0 amide bonds. The molecule has 1 N–H and O–H groups in total. The van der Waals surface area contributed by atoms with Crippen molar-refractivity contribution in [1.29, 1.82) is 0 Å². The zero-order valence-electron chi connectivity index (χ0n) is 12.6. The highest BCUT2D eigenvalue weighted by Crippen LogP contribution is 2.25. The van der Waals surface area contributed by atoms with Crippen molar-refractivity contribution >= 4 is 11.3 Å². The second-order valence-electron chi connectivity index (χ2n) is 5.85. The summed E-state index contributed by atoms with van der Waals surface area (Å²) in [6.07, 6.45) is 0. The number of nitrogens with zero attached hydrogens (tertiary/aromatic N) is 1. The van der Waals surface area contributed by atoms with Crippen LogP contribution in [0.5, 0.6) is 5.88 Å². The first-order valence-corrected chi connectivity index (χ1v) is 7.68. The van der Waals surface area contributed by atoms with Crippen LogP contribution in [0.25, 0.3) is 0 Å². The summed E-state index contributed by atoms with van der Waals surface area (Å²) in [6, 6.07) is 8.27. The van der Waals surface area contributed by atoms with E-state index in [2.05, 4.69) is 48.6 Å². The number of nitrogens with one attached hydrogen (secondary N) is 1. The van der Waals surface area contributed by atoms with E-state index in [4.69, 9.17) is 4.74 Å². The molecule has 20 heavy (non-hydrogen) atoms. The number of hydrogen-bond donors (Lipinski definition) is 1. The first-order valence-electron chi connectivity index (χ1n) is 6.80. The molecule has 0 aliphatic heterocycles. The van der Waals surface area contributed by atoms with Gasteiger partial charge in [-0.25, -0.2) is 4.98 Å². The Morgan fingerprint density at radius 1 is 1.30 bits per heavy atom. The fraction of sp³-hybridized carbons (Fsp3) is 0.438. The predicted molar refractivity (Wildman–Crippen MR) is 84.4 cm³/mol. The fourth-order valence-electron chi connectivity index (χ4n) is 1.86. The second-order valence-corrected chi connectivity index (χ2v) is 6.88. The molecule has 0 bridgehead atoms. The molecule has 2 rings (SSSR count). The first-order chi connectivity index (χ1) is 9.49. The van der Waals surface area contributed by atoms with Gasteiger partial charge < -0.3 is 10.1 Å². The van der Waals surface area contributed by atoms with E-state index in [9.17, 15) is 0 Å². The molecule has 2 aromatic heterocycles. The van der Waals surface area contributed by atoms with Gasteiger partial charge in [-0.3, -0.25) is 0 Å². The van der Waals surface area contributed by atoms with E-state index < -0.39 is 0 Å². The van der Waals surface area contributed by atoms with Crippen LogP contribution < -0.4 is 10.1 Å². The second kappa shape index (κ2) is 6.37. The summed E-state index contributed by atoms with van der Waals surface area (Å²) in [5.41, 5.74) is 2.28. The van der Waals surface area contributed by atoms with Gasteiger partial charge in [0.1, 0.15) is 6.61 Å². The van der Waals surface area contributed by atoms with Crippen molar-refractivity contribution in [3.63, 3.8) is 0 Å². The monoisotopic (exact) mass is 290 g/mol. The zero-order chi connectivity index (χ0) is 14.6. The van der Waals surface area contributed by atoms with Gasteiger partial charge in [0.2, 0.25) is 5.88 Å². The van der Waals surface area contributed by atoms with Crippen LogP contribution in [-0.4, -0.2) is 12.0 Å². The third kappa shape index (κ3) is 4.05. The molecule has 2 heterocycles. The number of aromatic nitrogens is 1. The molecule has 2 aromatic rings. The lowest BCUT2D eigenvalue weighted by Gasteiger charge is -2.20. The van der Waals surface area contributed by atoms with Crippen LogP contribution >= 0.6 is 11.3 Å². The SMILES string of the molecule is CNCc1cc(OCc2cccs2)nc(C(C)(C)C)c1. The molecule has 0 spiro atoms. The van der Waals surface area contributed by atoms with E-state index >= 15 is 0 Å². The van der Waals surface area contributed by atoms with Crippen LogP contribution in [0.2, 0.25) is 0 Å². The van der Waals surface area contributed by atoms with E-state index in [1.807, 2.05) is 19.2 Å². The molecule has 108 valence electrons. The lowest BCUT2D eigenvalue weighted by atomic mass is 9.91. The fourth-order valence-corrected chi connectivity index (χ4v) is 2.48. The Bertz CT molecular complexity index is 544. The smallest absolute Gasteiger partial charge is 0.214 e. The molecular formula is C16H22N2OS. The van der Waals surface area contributed by atoms with Crippen molar-refractivity contribution in [3.05, 3.63) is 45.8 Å². The van der Waals surface area contributed by atoms with Crippen LogP contribution in [-0.2, 0) is 18.6 Å². The third-order valence-electron chi connectivity index (χ3n) is 2.95. The Kier molecular flexibility index (Phi) is 4.78. The van der Waals surface area contributed by atoms with Gasteiger partial charge in [-0.2, -0.15) is 0 Å². The third-order valence-corrected chi connectivity index (χ3v) is 3.80. The van der Waals surface area contributed by atoms with Crippen molar-refractivity contribution in [3.8, 4) is 5.88 Å². The molecule has 0 aliphatic rings. The molecule has 0 aromatic carbocycles. The molecular weight excluding hydrogens is 268 g/mol. The highest BCUT2D eigenvalue weighted by atomic mass is 32.1. The minimum absolute atomic E-state index is 0.0186. The molecule has 0 radical (unpaired) electrons. The largest absolute Gasteiger partial charge is 0.472 e. The van der Waals surface area contributed by atoms with Crippen molar-refractivity contribution in [1.82, 2.24) is 10.3 Å². The summed E-state index contributed by atoms with van der Waals surface area (Å²) in [6.45, 7) is 7.91. The van der Waals surface area contributed by atoms with Crippen LogP contribution in [0.1, 0.15) is 36.9 Å². The van der Waals surface area contributed by atoms with Gasteiger partial charge in [-0.1, -0.05) is 26.8 Å². The number of thiophene rings is 1. The van der Waals surface area contributed by atoms with Gasteiger partial charge in [0.05, 0.1) is 5.69 Å². The van der Waals surface area contributed by atoms with E-state index in [0.717, 1.165) is 12.2 Å². The Morgan fingerprint density at radius 3 is 2.70 bits per heavy atom. The van der Waals surface area contributed by atoms with Gasteiger partial charge in [0.15, 0.2) is 0 Å². The number of hydrogen-bond acceptors (Lipinski definition) is 4.